The van der Waals surface area contributed by atoms with Crippen molar-refractivity contribution < 1.29 is 14.2 Å². The molecule has 1 aliphatic heterocycles. The minimum atomic E-state index is -0.114. The number of rotatable bonds is 8. The third kappa shape index (κ3) is 5.39. The van der Waals surface area contributed by atoms with Crippen molar-refractivity contribution in [3.05, 3.63) is 71.8 Å². The zero-order valence-corrected chi connectivity index (χ0v) is 16.3. The van der Waals surface area contributed by atoms with Gasteiger partial charge in [-0.2, -0.15) is 0 Å². The topological polar surface area (TPSA) is 53.7 Å². The van der Waals surface area contributed by atoms with Gasteiger partial charge in [0, 0.05) is 6.54 Å². The minimum absolute atomic E-state index is 0.0150. The molecule has 1 heterocycles. The van der Waals surface area contributed by atoms with Crippen molar-refractivity contribution >= 4 is 0 Å². The zero-order chi connectivity index (χ0) is 19.1. The van der Waals surface area contributed by atoms with Gasteiger partial charge in [0.1, 0.15) is 6.10 Å². The highest BCUT2D eigenvalue weighted by atomic mass is 16.6. The molecule has 2 aromatic carbocycles. The van der Waals surface area contributed by atoms with Crippen molar-refractivity contribution in [2.24, 2.45) is 17.6 Å². The van der Waals surface area contributed by atoms with Crippen LogP contribution in [0.5, 0.6) is 0 Å². The van der Waals surface area contributed by atoms with Crippen molar-refractivity contribution in [1.29, 1.82) is 0 Å². The van der Waals surface area contributed by atoms with Crippen molar-refractivity contribution in [2.75, 3.05) is 13.2 Å². The molecule has 1 aliphatic rings. The molecule has 0 spiro atoms. The summed E-state index contributed by atoms with van der Waals surface area (Å²) in [6, 6.07) is 20.4. The van der Waals surface area contributed by atoms with Gasteiger partial charge in [0.15, 0.2) is 0 Å². The lowest BCUT2D eigenvalue weighted by atomic mass is 9.81. The molecule has 0 bridgehead atoms. The first kappa shape index (κ1) is 20.0. The summed E-state index contributed by atoms with van der Waals surface area (Å²) in [7, 11) is 0. The van der Waals surface area contributed by atoms with Crippen molar-refractivity contribution in [3.63, 3.8) is 0 Å². The van der Waals surface area contributed by atoms with Gasteiger partial charge in [-0.3, -0.25) is 0 Å². The molecule has 0 aromatic heterocycles. The van der Waals surface area contributed by atoms with E-state index in [0.29, 0.717) is 38.2 Å². The summed E-state index contributed by atoms with van der Waals surface area (Å²) < 4.78 is 18.6. The van der Waals surface area contributed by atoms with Gasteiger partial charge in [0.25, 0.3) is 0 Å². The van der Waals surface area contributed by atoms with Gasteiger partial charge in [-0.15, -0.1) is 0 Å². The number of nitrogens with two attached hydrogens (primary N) is 1. The minimum Gasteiger partial charge on any atom is -0.374 e. The quantitative estimate of drug-likeness (QED) is 0.769. The molecule has 0 amide bonds. The van der Waals surface area contributed by atoms with Gasteiger partial charge in [-0.05, 0) is 23.0 Å². The Morgan fingerprint density at radius 3 is 2.00 bits per heavy atom. The summed E-state index contributed by atoms with van der Waals surface area (Å²) in [4.78, 5) is 0. The highest BCUT2D eigenvalue weighted by molar-refractivity contribution is 5.14. The summed E-state index contributed by atoms with van der Waals surface area (Å²) in [5.74, 6) is 0.697. The van der Waals surface area contributed by atoms with Gasteiger partial charge in [-0.1, -0.05) is 74.5 Å². The molecule has 4 nitrogen and oxygen atoms in total. The summed E-state index contributed by atoms with van der Waals surface area (Å²) in [5.41, 5.74) is 8.27. The number of hydrogen-bond acceptors (Lipinski definition) is 4. The lowest BCUT2D eigenvalue weighted by Crippen LogP contribution is -2.54. The Balaban J connectivity index is 1.62. The van der Waals surface area contributed by atoms with Gasteiger partial charge < -0.3 is 19.9 Å². The van der Waals surface area contributed by atoms with E-state index in [4.69, 9.17) is 19.9 Å². The van der Waals surface area contributed by atoms with E-state index in [1.165, 1.54) is 5.56 Å². The lowest BCUT2D eigenvalue weighted by molar-refractivity contribution is -0.203. The van der Waals surface area contributed by atoms with Crippen LogP contribution in [-0.4, -0.2) is 31.5 Å². The second-order valence-corrected chi connectivity index (χ2v) is 7.43. The Hall–Kier alpha value is -1.72. The Bertz CT molecular complexity index is 664. The average Bonchev–Trinajstić information content (AvgIpc) is 2.71. The summed E-state index contributed by atoms with van der Waals surface area (Å²) in [5, 5.41) is 0. The van der Waals surface area contributed by atoms with Crippen LogP contribution in [0.2, 0.25) is 0 Å². The first-order chi connectivity index (χ1) is 13.2. The van der Waals surface area contributed by atoms with Crippen LogP contribution in [0.3, 0.4) is 0 Å². The molecule has 5 atom stereocenters. The van der Waals surface area contributed by atoms with Crippen LogP contribution in [0.25, 0.3) is 0 Å². The number of benzene rings is 2. The fraction of sp³-hybridized carbons (Fsp3) is 0.478. The van der Waals surface area contributed by atoms with E-state index in [1.807, 2.05) is 36.4 Å². The largest absolute Gasteiger partial charge is 0.374 e. The normalized spacial score (nSPS) is 28.2. The number of hydrogen-bond donors (Lipinski definition) is 1. The van der Waals surface area contributed by atoms with Crippen molar-refractivity contribution in [2.45, 2.75) is 45.4 Å². The molecule has 1 fully saturated rings. The predicted molar refractivity (Wildman–Crippen MR) is 107 cm³/mol. The lowest BCUT2D eigenvalue weighted by Gasteiger charge is -2.44. The van der Waals surface area contributed by atoms with E-state index in [2.05, 4.69) is 38.1 Å². The first-order valence-electron chi connectivity index (χ1n) is 9.81. The molecule has 4 heteroatoms. The SMILES string of the molecule is C[C@@H]1[C@H](C)[C@@H](CN)O[C@H](COCc2ccccc2)[C@H]1OCc1ccccc1. The molecule has 3 rings (SSSR count). The Morgan fingerprint density at radius 1 is 0.815 bits per heavy atom. The Morgan fingerprint density at radius 2 is 1.41 bits per heavy atom. The maximum atomic E-state index is 6.31. The highest BCUT2D eigenvalue weighted by Gasteiger charge is 2.41. The van der Waals surface area contributed by atoms with Crippen LogP contribution in [0.15, 0.2) is 60.7 Å². The average molecular weight is 370 g/mol. The highest BCUT2D eigenvalue weighted by Crippen LogP contribution is 2.33. The fourth-order valence-corrected chi connectivity index (χ4v) is 3.70. The maximum absolute atomic E-state index is 6.31. The van der Waals surface area contributed by atoms with Crippen LogP contribution < -0.4 is 5.73 Å². The van der Waals surface area contributed by atoms with E-state index in [0.717, 1.165) is 5.56 Å². The standard InChI is InChI=1S/C23H31NO3/c1-17-18(2)23(26-15-20-11-7-4-8-12-20)22(27-21(17)13-24)16-25-14-19-9-5-3-6-10-19/h3-12,17-18,21-23H,13-16,24H2,1-2H3/t17-,18+,21+,22+,23-/m0/s1. The van der Waals surface area contributed by atoms with E-state index in [9.17, 15) is 0 Å². The van der Waals surface area contributed by atoms with Gasteiger partial charge >= 0.3 is 0 Å². The second kappa shape index (κ2) is 10.00. The Labute approximate surface area is 162 Å². The molecule has 0 unspecified atom stereocenters. The molecule has 27 heavy (non-hydrogen) atoms. The van der Waals surface area contributed by atoms with E-state index in [1.54, 1.807) is 0 Å². The molecule has 0 radical (unpaired) electrons. The maximum Gasteiger partial charge on any atom is 0.108 e. The molecular formula is C23H31NO3. The molecule has 0 saturated carbocycles. The first-order valence-corrected chi connectivity index (χ1v) is 9.81. The molecule has 146 valence electrons. The third-order valence-electron chi connectivity index (χ3n) is 5.56. The Kier molecular flexibility index (Phi) is 7.41. The van der Waals surface area contributed by atoms with Crippen molar-refractivity contribution in [3.8, 4) is 0 Å². The smallest absolute Gasteiger partial charge is 0.108 e. The molecule has 1 saturated heterocycles. The second-order valence-electron chi connectivity index (χ2n) is 7.43. The summed E-state index contributed by atoms with van der Waals surface area (Å²) >= 11 is 0. The third-order valence-corrected chi connectivity index (χ3v) is 5.56. The van der Waals surface area contributed by atoms with Gasteiger partial charge in [0.2, 0.25) is 0 Å². The summed E-state index contributed by atoms with van der Waals surface area (Å²) in [6.07, 6.45) is -0.0853. The molecular weight excluding hydrogens is 338 g/mol. The fourth-order valence-electron chi connectivity index (χ4n) is 3.70. The van der Waals surface area contributed by atoms with Crippen molar-refractivity contribution in [1.82, 2.24) is 0 Å². The molecule has 0 aliphatic carbocycles. The number of ether oxygens (including phenoxy) is 3. The monoisotopic (exact) mass is 369 g/mol. The van der Waals surface area contributed by atoms with Crippen LogP contribution >= 0.6 is 0 Å². The van der Waals surface area contributed by atoms with Crippen LogP contribution in [-0.2, 0) is 27.4 Å². The van der Waals surface area contributed by atoms with E-state index in [-0.39, 0.29) is 18.3 Å². The molecule has 2 N–H and O–H groups in total. The predicted octanol–water partition coefficient (Wildman–Crippen LogP) is 3.79. The van der Waals surface area contributed by atoms with E-state index < -0.39 is 0 Å². The zero-order valence-electron chi connectivity index (χ0n) is 16.3. The van der Waals surface area contributed by atoms with Crippen LogP contribution in [0.1, 0.15) is 25.0 Å². The molecule has 2 aromatic rings. The van der Waals surface area contributed by atoms with E-state index >= 15 is 0 Å². The van der Waals surface area contributed by atoms with Crippen LogP contribution in [0, 0.1) is 11.8 Å². The van der Waals surface area contributed by atoms with Gasteiger partial charge in [-0.25, -0.2) is 0 Å². The van der Waals surface area contributed by atoms with Gasteiger partial charge in [0.05, 0.1) is 32.0 Å². The van der Waals surface area contributed by atoms with Crippen LogP contribution in [0.4, 0.5) is 0 Å². The summed E-state index contributed by atoms with van der Waals surface area (Å²) in [6.45, 7) is 6.60.